The molecule has 0 saturated carbocycles. The maximum absolute atomic E-state index is 12.3. The fraction of sp³-hybridized carbons (Fsp3) is 0.211. The fourth-order valence-corrected chi connectivity index (χ4v) is 2.73. The number of nitrogens with zero attached hydrogens (tertiary/aromatic N) is 1. The van der Waals surface area contributed by atoms with Crippen LogP contribution in [0.4, 0.5) is 5.69 Å². The van der Waals surface area contributed by atoms with Gasteiger partial charge in [-0.1, -0.05) is 12.1 Å². The molecule has 2 aliphatic rings. The van der Waals surface area contributed by atoms with Crippen LogP contribution in [0.1, 0.15) is 12.5 Å². The number of para-hydroxylation sites is 2. The second-order valence-corrected chi connectivity index (χ2v) is 6.09. The second-order valence-electron chi connectivity index (χ2n) is 6.09. The van der Waals surface area contributed by atoms with Crippen LogP contribution in [0.5, 0.6) is 17.2 Å². The maximum atomic E-state index is 12.3. The monoisotopic (exact) mass is 367 g/mol. The van der Waals surface area contributed by atoms with Crippen molar-refractivity contribution in [2.45, 2.75) is 13.0 Å². The van der Waals surface area contributed by atoms with E-state index in [1.165, 1.54) is 0 Å². The fourth-order valence-electron chi connectivity index (χ4n) is 2.73. The lowest BCUT2D eigenvalue weighted by Gasteiger charge is -2.24. The van der Waals surface area contributed by atoms with Gasteiger partial charge in [0.1, 0.15) is 12.4 Å². The molecule has 0 aliphatic carbocycles. The molecule has 0 bridgehead atoms. The number of fused-ring (bicyclic) bond motifs is 2. The third-order valence-corrected chi connectivity index (χ3v) is 4.17. The van der Waals surface area contributed by atoms with Gasteiger partial charge in [-0.2, -0.15) is 5.10 Å². The van der Waals surface area contributed by atoms with Crippen molar-refractivity contribution >= 4 is 23.2 Å². The number of amides is 2. The zero-order valence-electron chi connectivity index (χ0n) is 14.5. The summed E-state index contributed by atoms with van der Waals surface area (Å²) < 4.78 is 16.5. The number of carbonyl (C=O) groups is 2. The van der Waals surface area contributed by atoms with E-state index in [1.807, 2.05) is 12.1 Å². The Balaban J connectivity index is 1.43. The molecule has 1 atom stereocenters. The number of hydrogen-bond acceptors (Lipinski definition) is 6. The van der Waals surface area contributed by atoms with Crippen LogP contribution in [0.3, 0.4) is 0 Å². The van der Waals surface area contributed by atoms with E-state index in [9.17, 15) is 9.59 Å². The van der Waals surface area contributed by atoms with Gasteiger partial charge in [0.05, 0.1) is 11.4 Å². The summed E-state index contributed by atoms with van der Waals surface area (Å²) in [7, 11) is 0. The third-order valence-electron chi connectivity index (χ3n) is 4.17. The lowest BCUT2D eigenvalue weighted by atomic mass is 10.1. The first-order valence-corrected chi connectivity index (χ1v) is 8.40. The van der Waals surface area contributed by atoms with Crippen molar-refractivity contribution in [2.24, 2.45) is 5.10 Å². The van der Waals surface area contributed by atoms with Crippen LogP contribution in [0, 0.1) is 0 Å². The Morgan fingerprint density at radius 3 is 2.81 bits per heavy atom. The molecule has 8 nitrogen and oxygen atoms in total. The number of benzene rings is 2. The van der Waals surface area contributed by atoms with E-state index in [4.69, 9.17) is 14.2 Å². The summed E-state index contributed by atoms with van der Waals surface area (Å²) in [6, 6.07) is 12.5. The van der Waals surface area contributed by atoms with Gasteiger partial charge in [-0.05, 0) is 42.8 Å². The SMILES string of the molecule is C/C(=N/NC(=O)[C@H]1COc2ccccc2O1)c1ccc2c(c1)NC(=O)CO2. The molecule has 0 fully saturated rings. The molecule has 0 saturated heterocycles. The van der Waals surface area contributed by atoms with E-state index in [0.717, 1.165) is 5.56 Å². The maximum Gasteiger partial charge on any atom is 0.284 e. The largest absolute Gasteiger partial charge is 0.485 e. The molecule has 2 amide bonds. The first-order valence-electron chi connectivity index (χ1n) is 8.40. The Bertz CT molecular complexity index is 941. The Morgan fingerprint density at radius 1 is 1.15 bits per heavy atom. The zero-order valence-corrected chi connectivity index (χ0v) is 14.5. The average Bonchev–Trinajstić information content (AvgIpc) is 2.70. The summed E-state index contributed by atoms with van der Waals surface area (Å²) in [5.41, 5.74) is 4.38. The highest BCUT2D eigenvalue weighted by molar-refractivity contribution is 6.02. The molecule has 4 rings (SSSR count). The molecule has 2 aromatic carbocycles. The summed E-state index contributed by atoms with van der Waals surface area (Å²) in [4.78, 5) is 23.8. The van der Waals surface area contributed by atoms with Crippen LogP contribution in [-0.4, -0.2) is 36.8 Å². The first-order chi connectivity index (χ1) is 13.1. The van der Waals surface area contributed by atoms with Gasteiger partial charge in [-0.3, -0.25) is 9.59 Å². The molecule has 2 heterocycles. The predicted octanol–water partition coefficient (Wildman–Crippen LogP) is 1.70. The van der Waals surface area contributed by atoms with Gasteiger partial charge < -0.3 is 19.5 Å². The molecular formula is C19H17N3O5. The Labute approximate surface area is 155 Å². The molecule has 2 N–H and O–H groups in total. The molecule has 27 heavy (non-hydrogen) atoms. The van der Waals surface area contributed by atoms with Crippen LogP contribution >= 0.6 is 0 Å². The van der Waals surface area contributed by atoms with Crippen LogP contribution in [0.2, 0.25) is 0 Å². The van der Waals surface area contributed by atoms with E-state index in [0.29, 0.717) is 28.6 Å². The highest BCUT2D eigenvalue weighted by atomic mass is 16.6. The molecule has 2 aliphatic heterocycles. The molecule has 2 aromatic rings. The van der Waals surface area contributed by atoms with E-state index in [2.05, 4.69) is 15.8 Å². The third kappa shape index (κ3) is 3.55. The quantitative estimate of drug-likeness (QED) is 0.636. The molecule has 0 unspecified atom stereocenters. The van der Waals surface area contributed by atoms with E-state index >= 15 is 0 Å². The minimum atomic E-state index is -0.785. The number of anilines is 1. The van der Waals surface area contributed by atoms with Gasteiger partial charge in [0.2, 0.25) is 6.10 Å². The highest BCUT2D eigenvalue weighted by Gasteiger charge is 2.27. The smallest absolute Gasteiger partial charge is 0.284 e. The minimum absolute atomic E-state index is 0.00205. The van der Waals surface area contributed by atoms with Crippen LogP contribution in [-0.2, 0) is 9.59 Å². The van der Waals surface area contributed by atoms with Crippen molar-refractivity contribution in [3.05, 3.63) is 48.0 Å². The summed E-state index contributed by atoms with van der Waals surface area (Å²) in [5.74, 6) is 1.12. The van der Waals surface area contributed by atoms with Crippen LogP contribution in [0.25, 0.3) is 0 Å². The summed E-state index contributed by atoms with van der Waals surface area (Å²) in [5, 5.41) is 6.86. The van der Waals surface area contributed by atoms with Crippen molar-refractivity contribution in [1.29, 1.82) is 0 Å². The number of ether oxygens (including phenoxy) is 3. The van der Waals surface area contributed by atoms with E-state index < -0.39 is 12.0 Å². The lowest BCUT2D eigenvalue weighted by molar-refractivity contribution is -0.130. The van der Waals surface area contributed by atoms with Crippen LogP contribution < -0.4 is 25.0 Å². The average molecular weight is 367 g/mol. The highest BCUT2D eigenvalue weighted by Crippen LogP contribution is 2.31. The Kier molecular flexibility index (Phi) is 4.37. The van der Waals surface area contributed by atoms with Crippen molar-refractivity contribution < 1.29 is 23.8 Å². The number of hydrogen-bond donors (Lipinski definition) is 2. The van der Waals surface area contributed by atoms with Crippen LogP contribution in [0.15, 0.2) is 47.6 Å². The molecule has 0 radical (unpaired) electrons. The van der Waals surface area contributed by atoms with Crippen molar-refractivity contribution in [2.75, 3.05) is 18.5 Å². The van der Waals surface area contributed by atoms with Crippen molar-refractivity contribution in [3.8, 4) is 17.2 Å². The summed E-state index contributed by atoms with van der Waals surface area (Å²) in [6.07, 6.45) is -0.785. The lowest BCUT2D eigenvalue weighted by Crippen LogP contribution is -2.42. The molecule has 8 heteroatoms. The first kappa shape index (κ1) is 16.9. The summed E-state index contributed by atoms with van der Waals surface area (Å²) >= 11 is 0. The summed E-state index contributed by atoms with van der Waals surface area (Å²) in [6.45, 7) is 1.86. The standard InChI is InChI=1S/C19H17N3O5/c1-11(12-6-7-14-13(8-12)20-18(23)10-26-14)21-22-19(24)17-9-25-15-4-2-3-5-16(15)27-17/h2-8,17H,9-10H2,1H3,(H,20,23)(H,22,24)/b21-11-/t17-/m1/s1. The number of carbonyl (C=O) groups excluding carboxylic acids is 2. The second kappa shape index (κ2) is 6.99. The topological polar surface area (TPSA) is 98.3 Å². The van der Waals surface area contributed by atoms with Gasteiger partial charge in [-0.25, -0.2) is 5.43 Å². The minimum Gasteiger partial charge on any atom is -0.485 e. The van der Waals surface area contributed by atoms with E-state index in [-0.39, 0.29) is 19.1 Å². The van der Waals surface area contributed by atoms with Gasteiger partial charge in [0.15, 0.2) is 18.1 Å². The Hall–Kier alpha value is -3.55. The number of nitrogens with one attached hydrogen (secondary N) is 2. The van der Waals surface area contributed by atoms with Gasteiger partial charge in [0.25, 0.3) is 11.8 Å². The molecule has 0 aromatic heterocycles. The van der Waals surface area contributed by atoms with Crippen molar-refractivity contribution in [1.82, 2.24) is 5.43 Å². The van der Waals surface area contributed by atoms with Gasteiger partial charge in [-0.15, -0.1) is 0 Å². The number of rotatable bonds is 3. The zero-order chi connectivity index (χ0) is 18.8. The molecule has 0 spiro atoms. The molecule has 138 valence electrons. The van der Waals surface area contributed by atoms with Gasteiger partial charge in [0, 0.05) is 0 Å². The van der Waals surface area contributed by atoms with Crippen molar-refractivity contribution in [3.63, 3.8) is 0 Å². The Morgan fingerprint density at radius 2 is 1.96 bits per heavy atom. The van der Waals surface area contributed by atoms with Gasteiger partial charge >= 0.3 is 0 Å². The predicted molar refractivity (Wildman–Crippen MR) is 97.3 cm³/mol. The molecular weight excluding hydrogens is 350 g/mol. The normalized spacial score (nSPS) is 18.0. The van der Waals surface area contributed by atoms with E-state index in [1.54, 1.807) is 37.3 Å². The number of hydrazone groups is 1.